The number of amides is 2. The Morgan fingerprint density at radius 2 is 1.97 bits per heavy atom. The topological polar surface area (TPSA) is 86.3 Å². The first-order valence-electron chi connectivity index (χ1n) is 8.91. The number of ether oxygens (including phenoxy) is 4. The molecular weight excluding hydrogens is 390 g/mol. The van der Waals surface area contributed by atoms with Crippen molar-refractivity contribution < 1.29 is 37.3 Å². The third-order valence-electron chi connectivity index (χ3n) is 4.39. The maximum Gasteiger partial charge on any atom is 0.387 e. The van der Waals surface area contributed by atoms with Crippen LogP contribution < -0.4 is 14.8 Å². The summed E-state index contributed by atoms with van der Waals surface area (Å²) in [6.07, 6.45) is 0. The lowest BCUT2D eigenvalue weighted by Gasteiger charge is -2.35. The van der Waals surface area contributed by atoms with Crippen LogP contribution in [0.2, 0.25) is 0 Å². The van der Waals surface area contributed by atoms with Gasteiger partial charge in [-0.05, 0) is 31.5 Å². The summed E-state index contributed by atoms with van der Waals surface area (Å²) in [5, 5.41) is 2.72. The molecule has 0 bridgehead atoms. The van der Waals surface area contributed by atoms with Gasteiger partial charge in [0.2, 0.25) is 0 Å². The Bertz CT molecular complexity index is 784. The molecule has 1 aromatic carbocycles. The Hall–Kier alpha value is -2.88. The van der Waals surface area contributed by atoms with Crippen molar-refractivity contribution in [1.29, 1.82) is 0 Å². The van der Waals surface area contributed by atoms with Crippen molar-refractivity contribution in [3.63, 3.8) is 0 Å². The molecule has 1 aliphatic rings. The number of benzene rings is 1. The number of hydrogen-bond acceptors (Lipinski definition) is 6. The molecule has 1 aromatic rings. The summed E-state index contributed by atoms with van der Waals surface area (Å²) in [6.45, 7) is 0.901. The van der Waals surface area contributed by atoms with Crippen LogP contribution in [0.15, 0.2) is 29.5 Å². The standard InChI is InChI=1S/C19H24F2N2O6/c1-5-23-11(2)15(17(24)28-9-8-26-3)16(22-19(23)25)12-6-7-13(27-4)14(10-12)29-18(20)21/h6-7,10,16,18H,5,8-9H2,1-4H3,(H,22,25)/t16-/m1/s1. The van der Waals surface area contributed by atoms with E-state index in [-0.39, 0.29) is 30.3 Å². The van der Waals surface area contributed by atoms with Gasteiger partial charge in [0, 0.05) is 19.4 Å². The Balaban J connectivity index is 2.48. The number of nitrogens with zero attached hydrogens (tertiary/aromatic N) is 1. The van der Waals surface area contributed by atoms with Crippen LogP contribution >= 0.6 is 0 Å². The minimum atomic E-state index is -3.06. The number of nitrogens with one attached hydrogen (secondary N) is 1. The van der Waals surface area contributed by atoms with Crippen LogP contribution in [0.1, 0.15) is 25.5 Å². The molecule has 1 atom stereocenters. The van der Waals surface area contributed by atoms with E-state index < -0.39 is 24.7 Å². The largest absolute Gasteiger partial charge is 0.493 e. The van der Waals surface area contributed by atoms with Gasteiger partial charge in [-0.3, -0.25) is 4.90 Å². The first kappa shape index (κ1) is 22.4. The van der Waals surface area contributed by atoms with E-state index in [0.29, 0.717) is 17.8 Å². The first-order valence-corrected chi connectivity index (χ1v) is 8.91. The highest BCUT2D eigenvalue weighted by molar-refractivity contribution is 5.95. The smallest absolute Gasteiger partial charge is 0.387 e. The summed E-state index contributed by atoms with van der Waals surface area (Å²) in [6, 6.07) is 2.95. The monoisotopic (exact) mass is 414 g/mol. The molecule has 160 valence electrons. The van der Waals surface area contributed by atoms with E-state index in [0.717, 1.165) is 0 Å². The number of halogens is 2. The maximum atomic E-state index is 12.8. The highest BCUT2D eigenvalue weighted by Gasteiger charge is 2.36. The Morgan fingerprint density at radius 3 is 2.55 bits per heavy atom. The summed E-state index contributed by atoms with van der Waals surface area (Å²) in [5.41, 5.74) is 0.968. The number of methoxy groups -OCH3 is 2. The third kappa shape index (κ3) is 5.14. The molecule has 1 heterocycles. The fourth-order valence-electron chi connectivity index (χ4n) is 3.03. The molecule has 0 spiro atoms. The van der Waals surface area contributed by atoms with Gasteiger partial charge in [0.05, 0.1) is 25.3 Å². The molecule has 1 aliphatic heterocycles. The van der Waals surface area contributed by atoms with Crippen LogP contribution in [0.25, 0.3) is 0 Å². The second kappa shape index (κ2) is 10.1. The van der Waals surface area contributed by atoms with Crippen LogP contribution in [0.5, 0.6) is 11.5 Å². The number of alkyl halides is 2. The van der Waals surface area contributed by atoms with E-state index in [1.54, 1.807) is 19.9 Å². The summed E-state index contributed by atoms with van der Waals surface area (Å²) in [7, 11) is 2.79. The predicted octanol–water partition coefficient (Wildman–Crippen LogP) is 2.85. The van der Waals surface area contributed by atoms with Crippen molar-refractivity contribution >= 4 is 12.0 Å². The highest BCUT2D eigenvalue weighted by atomic mass is 19.3. The Labute approximate surface area is 167 Å². The fourth-order valence-corrected chi connectivity index (χ4v) is 3.03. The van der Waals surface area contributed by atoms with Crippen molar-refractivity contribution in [1.82, 2.24) is 10.2 Å². The van der Waals surface area contributed by atoms with Gasteiger partial charge in [0.1, 0.15) is 6.61 Å². The molecule has 0 aliphatic carbocycles. The van der Waals surface area contributed by atoms with Crippen LogP contribution in [0.3, 0.4) is 0 Å². The average molecular weight is 414 g/mol. The van der Waals surface area contributed by atoms with E-state index in [2.05, 4.69) is 10.1 Å². The summed E-state index contributed by atoms with van der Waals surface area (Å²) >= 11 is 0. The lowest BCUT2D eigenvalue weighted by Crippen LogP contribution is -2.48. The van der Waals surface area contributed by atoms with E-state index in [4.69, 9.17) is 14.2 Å². The maximum absolute atomic E-state index is 12.8. The zero-order valence-electron chi connectivity index (χ0n) is 16.7. The number of allylic oxidation sites excluding steroid dienone is 1. The van der Waals surface area contributed by atoms with Crippen LogP contribution in [0.4, 0.5) is 13.6 Å². The van der Waals surface area contributed by atoms with Crippen LogP contribution in [-0.2, 0) is 14.3 Å². The predicted molar refractivity (Wildman–Crippen MR) is 98.8 cm³/mol. The van der Waals surface area contributed by atoms with E-state index >= 15 is 0 Å². The SMILES string of the molecule is CCN1C(=O)N[C@H](c2ccc(OC)c(OC(F)F)c2)C(C(=O)OCCOC)=C1C. The molecule has 0 fully saturated rings. The van der Waals surface area contributed by atoms with Gasteiger partial charge in [0.25, 0.3) is 0 Å². The molecule has 29 heavy (non-hydrogen) atoms. The van der Waals surface area contributed by atoms with Gasteiger partial charge in [-0.1, -0.05) is 6.07 Å². The minimum Gasteiger partial charge on any atom is -0.493 e. The zero-order valence-corrected chi connectivity index (χ0v) is 16.7. The van der Waals surface area contributed by atoms with Gasteiger partial charge in [0.15, 0.2) is 11.5 Å². The molecule has 0 saturated carbocycles. The molecule has 10 heteroatoms. The fraction of sp³-hybridized carbons (Fsp3) is 0.474. The molecule has 0 saturated heterocycles. The Kier molecular flexibility index (Phi) is 7.77. The third-order valence-corrected chi connectivity index (χ3v) is 4.39. The van der Waals surface area contributed by atoms with E-state index in [1.165, 1.54) is 31.3 Å². The minimum absolute atomic E-state index is 0.0290. The van der Waals surface area contributed by atoms with Gasteiger partial charge < -0.3 is 24.3 Å². The number of esters is 1. The van der Waals surface area contributed by atoms with Crippen LogP contribution in [-0.4, -0.2) is 57.5 Å². The normalized spacial score (nSPS) is 16.7. The summed E-state index contributed by atoms with van der Waals surface area (Å²) < 4.78 is 45.2. The lowest BCUT2D eigenvalue weighted by atomic mass is 9.94. The molecule has 0 unspecified atom stereocenters. The molecule has 0 aromatic heterocycles. The summed E-state index contributed by atoms with van der Waals surface area (Å²) in [4.78, 5) is 26.6. The second-order valence-corrected chi connectivity index (χ2v) is 6.04. The lowest BCUT2D eigenvalue weighted by molar-refractivity contribution is -0.140. The quantitative estimate of drug-likeness (QED) is 0.494. The van der Waals surface area contributed by atoms with Crippen molar-refractivity contribution in [2.75, 3.05) is 34.0 Å². The van der Waals surface area contributed by atoms with Gasteiger partial charge in [-0.2, -0.15) is 8.78 Å². The zero-order chi connectivity index (χ0) is 21.6. The van der Waals surface area contributed by atoms with Crippen molar-refractivity contribution in [3.8, 4) is 11.5 Å². The molecule has 2 rings (SSSR count). The van der Waals surface area contributed by atoms with Crippen LogP contribution in [0, 0.1) is 0 Å². The molecule has 2 amide bonds. The molecular formula is C19H24F2N2O6. The number of urea groups is 1. The summed E-state index contributed by atoms with van der Waals surface area (Å²) in [5.74, 6) is -0.761. The number of rotatable bonds is 9. The van der Waals surface area contributed by atoms with Gasteiger partial charge in [-0.25, -0.2) is 9.59 Å². The van der Waals surface area contributed by atoms with Crippen molar-refractivity contribution in [2.24, 2.45) is 0 Å². The molecule has 8 nitrogen and oxygen atoms in total. The number of carbonyl (C=O) groups excluding carboxylic acids is 2. The second-order valence-electron chi connectivity index (χ2n) is 6.04. The molecule has 1 N–H and O–H groups in total. The highest BCUT2D eigenvalue weighted by Crippen LogP contribution is 2.36. The molecule has 0 radical (unpaired) electrons. The van der Waals surface area contributed by atoms with E-state index in [1.807, 2.05) is 0 Å². The number of carbonyl (C=O) groups is 2. The number of hydrogen-bond donors (Lipinski definition) is 1. The van der Waals surface area contributed by atoms with Gasteiger partial charge >= 0.3 is 18.6 Å². The van der Waals surface area contributed by atoms with Crippen molar-refractivity contribution in [3.05, 3.63) is 35.0 Å². The average Bonchev–Trinajstić information content (AvgIpc) is 2.67. The first-order chi connectivity index (χ1) is 13.8. The Morgan fingerprint density at radius 1 is 1.24 bits per heavy atom. The van der Waals surface area contributed by atoms with E-state index in [9.17, 15) is 18.4 Å². The van der Waals surface area contributed by atoms with Crippen molar-refractivity contribution in [2.45, 2.75) is 26.5 Å². The van der Waals surface area contributed by atoms with Gasteiger partial charge in [-0.15, -0.1) is 0 Å².